The van der Waals surface area contributed by atoms with Gasteiger partial charge in [-0.05, 0) is 60.2 Å². The van der Waals surface area contributed by atoms with Crippen molar-refractivity contribution in [1.29, 1.82) is 0 Å². The molecule has 0 saturated carbocycles. The van der Waals surface area contributed by atoms with E-state index in [0.29, 0.717) is 32.5 Å². The zero-order valence-corrected chi connectivity index (χ0v) is 21.1. The lowest BCUT2D eigenvalue weighted by atomic mass is 10.1. The van der Waals surface area contributed by atoms with Crippen molar-refractivity contribution in [3.05, 3.63) is 103 Å². The Morgan fingerprint density at radius 2 is 1.65 bits per heavy atom. The fourth-order valence-corrected chi connectivity index (χ4v) is 4.21. The molecule has 0 aliphatic carbocycles. The van der Waals surface area contributed by atoms with Gasteiger partial charge in [0.1, 0.15) is 10.7 Å². The van der Waals surface area contributed by atoms with Crippen LogP contribution in [0, 0.1) is 0 Å². The number of carbonyl (C=O) groups excluding carboxylic acids is 3. The van der Waals surface area contributed by atoms with E-state index in [1.54, 1.807) is 66.7 Å². The summed E-state index contributed by atoms with van der Waals surface area (Å²) in [6, 6.07) is 18.2. The molecule has 34 heavy (non-hydrogen) atoms. The van der Waals surface area contributed by atoms with Crippen molar-refractivity contribution in [2.24, 2.45) is 0 Å². The third-order valence-corrected chi connectivity index (χ3v) is 6.43. The second kappa shape index (κ2) is 10.2. The number of nitrogens with zero attached hydrogens (tertiary/aromatic N) is 1. The molecule has 0 saturated heterocycles. The molecule has 172 valence electrons. The Bertz CT molecular complexity index is 1340. The molecule has 0 bridgehead atoms. The standard InChI is InChI=1S/C24H15BrCl3N3O3/c25-15-5-8-18(9-6-15)31-23(33)20(28)21(24(31)34)30-17-3-1-2-13(10-17)22(32)29-12-14-4-7-16(26)11-19(14)27/h1-11,30H,12H2,(H,29,32). The van der Waals surface area contributed by atoms with Crippen molar-refractivity contribution in [1.82, 2.24) is 5.32 Å². The fraction of sp³-hybridized carbons (Fsp3) is 0.0417. The van der Waals surface area contributed by atoms with Gasteiger partial charge in [-0.1, -0.05) is 62.9 Å². The first-order valence-corrected chi connectivity index (χ1v) is 11.8. The molecule has 0 fully saturated rings. The van der Waals surface area contributed by atoms with E-state index >= 15 is 0 Å². The first-order valence-electron chi connectivity index (χ1n) is 9.88. The van der Waals surface area contributed by atoms with Crippen LogP contribution in [0.15, 0.2) is 81.9 Å². The molecule has 1 aliphatic heterocycles. The molecular weight excluding hydrogens is 565 g/mol. The largest absolute Gasteiger partial charge is 0.350 e. The zero-order chi connectivity index (χ0) is 24.4. The maximum absolute atomic E-state index is 12.9. The molecule has 0 radical (unpaired) electrons. The summed E-state index contributed by atoms with van der Waals surface area (Å²) in [5.41, 5.74) is 1.80. The third-order valence-electron chi connectivity index (χ3n) is 4.96. The van der Waals surface area contributed by atoms with Crippen LogP contribution in [0.2, 0.25) is 10.0 Å². The molecule has 0 spiro atoms. The first kappa shape index (κ1) is 24.3. The van der Waals surface area contributed by atoms with Crippen molar-refractivity contribution in [2.45, 2.75) is 6.54 Å². The van der Waals surface area contributed by atoms with Crippen LogP contribution < -0.4 is 15.5 Å². The quantitative estimate of drug-likeness (QED) is 0.345. The van der Waals surface area contributed by atoms with E-state index < -0.39 is 11.8 Å². The molecule has 3 amide bonds. The van der Waals surface area contributed by atoms with Gasteiger partial charge in [-0.15, -0.1) is 0 Å². The minimum absolute atomic E-state index is 0.0694. The smallest absolute Gasteiger partial charge is 0.283 e. The minimum atomic E-state index is -0.634. The first-order chi connectivity index (χ1) is 16.2. The molecule has 1 aliphatic rings. The molecule has 0 atom stereocenters. The van der Waals surface area contributed by atoms with Crippen LogP contribution in [0.25, 0.3) is 0 Å². The van der Waals surface area contributed by atoms with Gasteiger partial charge in [-0.25, -0.2) is 4.90 Å². The monoisotopic (exact) mass is 577 g/mol. The Kier molecular flexibility index (Phi) is 7.28. The summed E-state index contributed by atoms with van der Waals surface area (Å²) in [6.45, 7) is 0.207. The predicted molar refractivity (Wildman–Crippen MR) is 137 cm³/mol. The lowest BCUT2D eigenvalue weighted by Gasteiger charge is -2.15. The van der Waals surface area contributed by atoms with E-state index in [1.807, 2.05) is 0 Å². The van der Waals surface area contributed by atoms with Gasteiger partial charge in [-0.3, -0.25) is 14.4 Å². The number of amides is 3. The van der Waals surface area contributed by atoms with Crippen LogP contribution in [0.5, 0.6) is 0 Å². The number of rotatable bonds is 6. The van der Waals surface area contributed by atoms with Crippen molar-refractivity contribution in [3.8, 4) is 0 Å². The highest BCUT2D eigenvalue weighted by molar-refractivity contribution is 9.10. The van der Waals surface area contributed by atoms with Crippen molar-refractivity contribution in [3.63, 3.8) is 0 Å². The summed E-state index contributed by atoms with van der Waals surface area (Å²) in [7, 11) is 0. The maximum Gasteiger partial charge on any atom is 0.283 e. The van der Waals surface area contributed by atoms with Crippen LogP contribution in [0.4, 0.5) is 11.4 Å². The zero-order valence-electron chi connectivity index (χ0n) is 17.2. The third kappa shape index (κ3) is 5.13. The Hall–Kier alpha value is -2.84. The van der Waals surface area contributed by atoms with Gasteiger partial charge in [0.05, 0.1) is 5.69 Å². The second-order valence-corrected chi connectivity index (χ2v) is 9.37. The van der Waals surface area contributed by atoms with Gasteiger partial charge in [0.15, 0.2) is 0 Å². The van der Waals surface area contributed by atoms with Gasteiger partial charge in [0.2, 0.25) is 0 Å². The molecule has 10 heteroatoms. The molecule has 3 aromatic rings. The Morgan fingerprint density at radius 1 is 0.912 bits per heavy atom. The van der Waals surface area contributed by atoms with Gasteiger partial charge < -0.3 is 10.6 Å². The van der Waals surface area contributed by atoms with E-state index in [-0.39, 0.29) is 23.2 Å². The lowest BCUT2D eigenvalue weighted by molar-refractivity contribution is -0.120. The van der Waals surface area contributed by atoms with Crippen LogP contribution in [0.3, 0.4) is 0 Å². The number of halogens is 4. The highest BCUT2D eigenvalue weighted by Crippen LogP contribution is 2.31. The summed E-state index contributed by atoms with van der Waals surface area (Å²) in [5.74, 6) is -1.57. The van der Waals surface area contributed by atoms with Crippen LogP contribution in [-0.2, 0) is 16.1 Å². The van der Waals surface area contributed by atoms with E-state index in [4.69, 9.17) is 34.8 Å². The van der Waals surface area contributed by atoms with E-state index in [1.165, 1.54) is 0 Å². The van der Waals surface area contributed by atoms with Crippen LogP contribution in [-0.4, -0.2) is 17.7 Å². The number of hydrogen-bond donors (Lipinski definition) is 2. The van der Waals surface area contributed by atoms with Crippen molar-refractivity contribution >= 4 is 79.8 Å². The van der Waals surface area contributed by atoms with E-state index in [0.717, 1.165) is 9.37 Å². The average molecular weight is 580 g/mol. The molecule has 6 nitrogen and oxygen atoms in total. The van der Waals surface area contributed by atoms with Crippen LogP contribution in [0.1, 0.15) is 15.9 Å². The second-order valence-electron chi connectivity index (χ2n) is 7.24. The number of anilines is 2. The molecular formula is C24H15BrCl3N3O3. The molecule has 0 aromatic heterocycles. The highest BCUT2D eigenvalue weighted by atomic mass is 79.9. The van der Waals surface area contributed by atoms with Crippen molar-refractivity contribution in [2.75, 3.05) is 10.2 Å². The summed E-state index contributed by atoms with van der Waals surface area (Å²) < 4.78 is 0.807. The normalized spacial score (nSPS) is 13.5. The topological polar surface area (TPSA) is 78.5 Å². The maximum atomic E-state index is 12.9. The number of imide groups is 1. The Balaban J connectivity index is 1.48. The fourth-order valence-electron chi connectivity index (χ4n) is 3.26. The average Bonchev–Trinajstić information content (AvgIpc) is 3.02. The summed E-state index contributed by atoms with van der Waals surface area (Å²) in [4.78, 5) is 39.2. The van der Waals surface area contributed by atoms with Gasteiger partial charge in [-0.2, -0.15) is 0 Å². The van der Waals surface area contributed by atoms with E-state index in [2.05, 4.69) is 26.6 Å². The number of nitrogens with one attached hydrogen (secondary N) is 2. The van der Waals surface area contributed by atoms with Gasteiger partial charge in [0.25, 0.3) is 17.7 Å². The summed E-state index contributed by atoms with van der Waals surface area (Å²) in [6.07, 6.45) is 0. The SMILES string of the molecule is O=C(NCc1ccc(Cl)cc1Cl)c1cccc(NC2=C(Cl)C(=O)N(c3ccc(Br)cc3)C2=O)c1. The van der Waals surface area contributed by atoms with E-state index in [9.17, 15) is 14.4 Å². The number of benzene rings is 3. The Morgan fingerprint density at radius 3 is 2.35 bits per heavy atom. The lowest BCUT2D eigenvalue weighted by Crippen LogP contribution is -2.32. The highest BCUT2D eigenvalue weighted by Gasteiger charge is 2.38. The summed E-state index contributed by atoms with van der Waals surface area (Å²) >= 11 is 21.6. The molecule has 1 heterocycles. The number of hydrogen-bond acceptors (Lipinski definition) is 4. The Labute approximate surface area is 218 Å². The number of carbonyl (C=O) groups is 3. The molecule has 2 N–H and O–H groups in total. The molecule has 4 rings (SSSR count). The predicted octanol–water partition coefficient (Wildman–Crippen LogP) is 6.12. The van der Waals surface area contributed by atoms with Gasteiger partial charge in [0, 0.05) is 32.3 Å². The summed E-state index contributed by atoms with van der Waals surface area (Å²) in [5, 5.41) is 6.38. The van der Waals surface area contributed by atoms with Crippen LogP contribution >= 0.6 is 50.7 Å². The van der Waals surface area contributed by atoms with Crippen molar-refractivity contribution < 1.29 is 14.4 Å². The van der Waals surface area contributed by atoms with Gasteiger partial charge >= 0.3 is 0 Å². The molecule has 0 unspecified atom stereocenters. The molecule has 3 aromatic carbocycles. The minimum Gasteiger partial charge on any atom is -0.350 e.